The fraction of sp³-hybridized carbons (Fsp3) is 0.409. The molecule has 3 aliphatic heterocycles. The summed E-state index contributed by atoms with van der Waals surface area (Å²) in [4.78, 5) is 2.64. The van der Waals surface area contributed by atoms with Crippen molar-refractivity contribution in [3.05, 3.63) is 52.6 Å². The van der Waals surface area contributed by atoms with E-state index in [2.05, 4.69) is 41.4 Å². The van der Waals surface area contributed by atoms with Crippen LogP contribution in [0.2, 0.25) is 0 Å². The highest BCUT2D eigenvalue weighted by atomic mass is 15.2. The van der Waals surface area contributed by atoms with Crippen molar-refractivity contribution in [1.82, 2.24) is 5.32 Å². The van der Waals surface area contributed by atoms with E-state index < -0.39 is 0 Å². The Hall–Kier alpha value is -2.31. The molecule has 2 aromatic carbocycles. The van der Waals surface area contributed by atoms with Gasteiger partial charge in [-0.1, -0.05) is 6.07 Å². The first-order chi connectivity index (χ1) is 12.2. The van der Waals surface area contributed by atoms with Gasteiger partial charge >= 0.3 is 0 Å². The van der Waals surface area contributed by atoms with E-state index in [9.17, 15) is 0 Å². The smallest absolute Gasteiger partial charge is 0.0991 e. The summed E-state index contributed by atoms with van der Waals surface area (Å²) in [6.07, 6.45) is 2.44. The van der Waals surface area contributed by atoms with Crippen LogP contribution >= 0.6 is 0 Å². The number of fused-ring (bicyclic) bond motifs is 2. The normalized spacial score (nSPS) is 23.8. The molecule has 0 unspecified atom stereocenters. The molecule has 126 valence electrons. The predicted molar refractivity (Wildman–Crippen MR) is 101 cm³/mol. The van der Waals surface area contributed by atoms with Crippen molar-refractivity contribution in [2.75, 3.05) is 31.1 Å². The zero-order valence-corrected chi connectivity index (χ0v) is 14.7. The van der Waals surface area contributed by atoms with Crippen LogP contribution in [-0.2, 0) is 6.42 Å². The molecule has 0 spiro atoms. The maximum absolute atomic E-state index is 9.14. The van der Waals surface area contributed by atoms with E-state index in [4.69, 9.17) is 5.26 Å². The maximum Gasteiger partial charge on any atom is 0.0991 e. The number of anilines is 1. The number of aryl methyl sites for hydroxylation is 2. The molecule has 2 aromatic rings. The molecule has 5 rings (SSSR count). The molecule has 2 atom stereocenters. The van der Waals surface area contributed by atoms with E-state index in [1.54, 1.807) is 5.56 Å². The van der Waals surface area contributed by atoms with E-state index in [0.29, 0.717) is 5.92 Å². The van der Waals surface area contributed by atoms with Crippen molar-refractivity contribution >= 4 is 5.69 Å². The monoisotopic (exact) mass is 329 g/mol. The quantitative estimate of drug-likeness (QED) is 0.869. The van der Waals surface area contributed by atoms with Gasteiger partial charge in [0.15, 0.2) is 0 Å². The number of rotatable bonds is 1. The van der Waals surface area contributed by atoms with Gasteiger partial charge in [0.1, 0.15) is 0 Å². The Balaban J connectivity index is 1.68. The van der Waals surface area contributed by atoms with E-state index in [-0.39, 0.29) is 0 Å². The molecule has 3 heteroatoms. The SMILES string of the molecule is Cc1cc(C#N)ccc1-c1cc2c3c(c1)[C@@H]1CNC[C@@H]1CN3CCC2. The maximum atomic E-state index is 9.14. The van der Waals surface area contributed by atoms with Crippen LogP contribution in [0.1, 0.15) is 34.6 Å². The molecule has 3 aliphatic rings. The average Bonchev–Trinajstić information content (AvgIpc) is 3.10. The first kappa shape index (κ1) is 15.0. The molecule has 1 fully saturated rings. The molecule has 3 heterocycles. The summed E-state index contributed by atoms with van der Waals surface area (Å²) in [5, 5.41) is 12.8. The van der Waals surface area contributed by atoms with Crippen LogP contribution in [0.15, 0.2) is 30.3 Å². The minimum atomic E-state index is 0.654. The lowest BCUT2D eigenvalue weighted by Crippen LogP contribution is -2.40. The number of hydrogen-bond acceptors (Lipinski definition) is 3. The number of nitrogens with one attached hydrogen (secondary N) is 1. The molecule has 0 amide bonds. The van der Waals surface area contributed by atoms with Gasteiger partial charge in [0, 0.05) is 37.8 Å². The minimum Gasteiger partial charge on any atom is -0.371 e. The standard InChI is InChI=1S/C22H23N3/c1-14-7-15(10-23)4-5-19(14)17-8-16-3-2-6-25-13-18-11-24-12-21(18)20(9-17)22(16)25/h4-5,7-9,18,21,24H,2-3,6,11-13H2,1H3/t18-,21-/m1/s1. The van der Waals surface area contributed by atoms with E-state index in [1.807, 2.05) is 12.1 Å². The lowest BCUT2D eigenvalue weighted by molar-refractivity contribution is 0.470. The highest BCUT2D eigenvalue weighted by Gasteiger charge is 2.38. The Morgan fingerprint density at radius 1 is 1.20 bits per heavy atom. The van der Waals surface area contributed by atoms with E-state index >= 15 is 0 Å². The zero-order chi connectivity index (χ0) is 17.0. The van der Waals surface area contributed by atoms with E-state index in [0.717, 1.165) is 24.6 Å². The highest BCUT2D eigenvalue weighted by Crippen LogP contribution is 2.46. The number of benzene rings is 2. The summed E-state index contributed by atoms with van der Waals surface area (Å²) in [6.45, 7) is 6.80. The molecule has 0 aromatic heterocycles. The molecular weight excluding hydrogens is 306 g/mol. The van der Waals surface area contributed by atoms with Gasteiger partial charge in [0.05, 0.1) is 11.6 Å². The second kappa shape index (κ2) is 5.61. The summed E-state index contributed by atoms with van der Waals surface area (Å²) in [5.74, 6) is 1.40. The molecule has 0 saturated carbocycles. The van der Waals surface area contributed by atoms with Crippen LogP contribution in [0.3, 0.4) is 0 Å². The van der Waals surface area contributed by atoms with Gasteiger partial charge in [0.25, 0.3) is 0 Å². The van der Waals surface area contributed by atoms with Gasteiger partial charge in [0.2, 0.25) is 0 Å². The third kappa shape index (κ3) is 2.28. The molecule has 0 aliphatic carbocycles. The second-order valence-corrected chi connectivity index (χ2v) is 7.79. The summed E-state index contributed by atoms with van der Waals surface area (Å²) in [7, 11) is 0. The first-order valence-corrected chi connectivity index (χ1v) is 9.38. The van der Waals surface area contributed by atoms with Crippen LogP contribution in [0.5, 0.6) is 0 Å². The van der Waals surface area contributed by atoms with Crippen LogP contribution in [-0.4, -0.2) is 26.2 Å². The van der Waals surface area contributed by atoms with Crippen LogP contribution in [0, 0.1) is 24.2 Å². The van der Waals surface area contributed by atoms with Gasteiger partial charge in [-0.3, -0.25) is 0 Å². The van der Waals surface area contributed by atoms with Gasteiger partial charge in [-0.25, -0.2) is 0 Å². The second-order valence-electron chi connectivity index (χ2n) is 7.79. The van der Waals surface area contributed by atoms with Crippen molar-refractivity contribution in [2.24, 2.45) is 5.92 Å². The van der Waals surface area contributed by atoms with Crippen LogP contribution < -0.4 is 10.2 Å². The minimum absolute atomic E-state index is 0.654. The van der Waals surface area contributed by atoms with Crippen molar-refractivity contribution < 1.29 is 0 Å². The lowest BCUT2D eigenvalue weighted by Gasteiger charge is -2.42. The topological polar surface area (TPSA) is 39.1 Å². The summed E-state index contributed by atoms with van der Waals surface area (Å²) in [5.41, 5.74) is 9.13. The Bertz CT molecular complexity index is 893. The molecule has 0 bridgehead atoms. The van der Waals surface area contributed by atoms with Gasteiger partial charge < -0.3 is 10.2 Å². The van der Waals surface area contributed by atoms with Crippen molar-refractivity contribution in [3.63, 3.8) is 0 Å². The van der Waals surface area contributed by atoms with Gasteiger partial charge in [-0.15, -0.1) is 0 Å². The lowest BCUT2D eigenvalue weighted by atomic mass is 9.78. The van der Waals surface area contributed by atoms with Crippen molar-refractivity contribution in [3.8, 4) is 17.2 Å². The Morgan fingerprint density at radius 3 is 2.96 bits per heavy atom. The number of hydrogen-bond donors (Lipinski definition) is 1. The largest absolute Gasteiger partial charge is 0.371 e. The fourth-order valence-electron chi connectivity index (χ4n) is 5.12. The number of nitriles is 1. The Labute approximate surface area is 149 Å². The number of nitrogens with zero attached hydrogens (tertiary/aromatic N) is 2. The highest BCUT2D eigenvalue weighted by molar-refractivity contribution is 5.76. The Morgan fingerprint density at radius 2 is 2.12 bits per heavy atom. The summed E-state index contributed by atoms with van der Waals surface area (Å²) >= 11 is 0. The summed E-state index contributed by atoms with van der Waals surface area (Å²) < 4.78 is 0. The third-order valence-electron chi connectivity index (χ3n) is 6.27. The summed E-state index contributed by atoms with van der Waals surface area (Å²) in [6, 6.07) is 13.2. The third-order valence-corrected chi connectivity index (χ3v) is 6.27. The molecule has 3 nitrogen and oxygen atoms in total. The van der Waals surface area contributed by atoms with E-state index in [1.165, 1.54) is 53.9 Å². The first-order valence-electron chi connectivity index (χ1n) is 9.38. The van der Waals surface area contributed by atoms with Crippen LogP contribution in [0.4, 0.5) is 5.69 Å². The molecule has 0 radical (unpaired) electrons. The molecule has 1 saturated heterocycles. The zero-order valence-electron chi connectivity index (χ0n) is 14.7. The molecule has 1 N–H and O–H groups in total. The fourth-order valence-corrected chi connectivity index (χ4v) is 5.12. The van der Waals surface area contributed by atoms with Gasteiger partial charge in [-0.05, 0) is 77.8 Å². The molecule has 25 heavy (non-hydrogen) atoms. The van der Waals surface area contributed by atoms with Crippen LogP contribution in [0.25, 0.3) is 11.1 Å². The van der Waals surface area contributed by atoms with Crippen molar-refractivity contribution in [1.29, 1.82) is 5.26 Å². The average molecular weight is 329 g/mol. The van der Waals surface area contributed by atoms with Gasteiger partial charge in [-0.2, -0.15) is 5.26 Å². The molecular formula is C22H23N3. The Kier molecular flexibility index (Phi) is 3.36. The predicted octanol–water partition coefficient (Wildman–Crippen LogP) is 3.60. The van der Waals surface area contributed by atoms with Crippen molar-refractivity contribution in [2.45, 2.75) is 25.7 Å².